The number of hydrogen-bond donors (Lipinski definition) is 2. The lowest BCUT2D eigenvalue weighted by Crippen LogP contribution is -2.39. The van der Waals surface area contributed by atoms with Crippen LogP contribution < -0.4 is 15.8 Å². The normalized spacial score (nSPS) is 21.2. The van der Waals surface area contributed by atoms with E-state index >= 15 is 0 Å². The number of likely N-dealkylation sites (tertiary alicyclic amines) is 1. The molecule has 1 heterocycles. The van der Waals surface area contributed by atoms with E-state index in [-0.39, 0.29) is 11.3 Å². The van der Waals surface area contributed by atoms with E-state index in [0.717, 1.165) is 25.3 Å². The largest absolute Gasteiger partial charge is 0.492 e. The molecule has 1 aliphatic rings. The second-order valence-corrected chi connectivity index (χ2v) is 7.40. The summed E-state index contributed by atoms with van der Waals surface area (Å²) in [5.74, 6) is 1.41. The van der Waals surface area contributed by atoms with Crippen molar-refractivity contribution in [1.29, 1.82) is 0 Å². The van der Waals surface area contributed by atoms with Crippen molar-refractivity contribution in [3.8, 4) is 5.75 Å². The van der Waals surface area contributed by atoms with E-state index < -0.39 is 0 Å². The average Bonchev–Trinajstić information content (AvgIpc) is 2.93. The highest BCUT2D eigenvalue weighted by molar-refractivity contribution is 5.78. The summed E-state index contributed by atoms with van der Waals surface area (Å²) >= 11 is 0. The minimum Gasteiger partial charge on any atom is -0.492 e. The molecule has 0 spiro atoms. The first-order valence-corrected chi connectivity index (χ1v) is 8.84. The SMILES string of the molecule is CC(C)c1ccc(OCCNC(=O)CN2CCC(C)(CN)C2)cc1. The van der Waals surface area contributed by atoms with Crippen LogP contribution in [0.1, 0.15) is 38.7 Å². The molecule has 0 aromatic heterocycles. The number of nitrogens with one attached hydrogen (secondary N) is 1. The third-order valence-corrected chi connectivity index (χ3v) is 4.74. The van der Waals surface area contributed by atoms with Gasteiger partial charge >= 0.3 is 0 Å². The molecule has 1 atom stereocenters. The number of nitrogens with zero attached hydrogens (tertiary/aromatic N) is 1. The second-order valence-electron chi connectivity index (χ2n) is 7.40. The quantitative estimate of drug-likeness (QED) is 0.714. The minimum absolute atomic E-state index is 0.0510. The molecule has 0 aliphatic carbocycles. The first kappa shape index (κ1) is 18.7. The molecule has 5 heteroatoms. The molecule has 1 aromatic rings. The number of benzene rings is 1. The van der Waals surface area contributed by atoms with Gasteiger partial charge in [-0.15, -0.1) is 0 Å². The van der Waals surface area contributed by atoms with E-state index in [1.54, 1.807) is 0 Å². The molecule has 1 unspecified atom stereocenters. The number of rotatable bonds is 8. The smallest absolute Gasteiger partial charge is 0.234 e. The zero-order chi connectivity index (χ0) is 17.6. The van der Waals surface area contributed by atoms with Crippen LogP contribution >= 0.6 is 0 Å². The fourth-order valence-corrected chi connectivity index (χ4v) is 2.99. The van der Waals surface area contributed by atoms with Gasteiger partial charge in [0.15, 0.2) is 0 Å². The van der Waals surface area contributed by atoms with Gasteiger partial charge in [-0.3, -0.25) is 9.69 Å². The summed E-state index contributed by atoms with van der Waals surface area (Å²) in [7, 11) is 0. The van der Waals surface area contributed by atoms with Gasteiger partial charge in [-0.2, -0.15) is 0 Å². The third kappa shape index (κ3) is 5.49. The number of carbonyl (C=O) groups is 1. The van der Waals surface area contributed by atoms with Crippen molar-refractivity contribution >= 4 is 5.91 Å². The minimum atomic E-state index is 0.0510. The molecule has 1 fully saturated rings. The molecule has 1 aliphatic heterocycles. The first-order chi connectivity index (χ1) is 11.4. The standard InChI is InChI=1S/C19H31N3O2/c1-15(2)16-4-6-17(7-5-16)24-11-9-21-18(23)12-22-10-8-19(3,13-20)14-22/h4-7,15H,8-14,20H2,1-3H3,(H,21,23). The summed E-state index contributed by atoms with van der Waals surface area (Å²) in [6.45, 7) is 10.5. The van der Waals surface area contributed by atoms with Gasteiger partial charge in [0.25, 0.3) is 0 Å². The summed E-state index contributed by atoms with van der Waals surface area (Å²) in [5.41, 5.74) is 7.25. The number of carbonyl (C=O) groups excluding carboxylic acids is 1. The van der Waals surface area contributed by atoms with E-state index in [2.05, 4.69) is 43.1 Å². The second kappa shape index (κ2) is 8.49. The highest BCUT2D eigenvalue weighted by atomic mass is 16.5. The van der Waals surface area contributed by atoms with Gasteiger partial charge in [0.1, 0.15) is 12.4 Å². The number of ether oxygens (including phenoxy) is 1. The van der Waals surface area contributed by atoms with Crippen LogP contribution in [0.5, 0.6) is 5.75 Å². The predicted molar refractivity (Wildman–Crippen MR) is 97.3 cm³/mol. The highest BCUT2D eigenvalue weighted by Crippen LogP contribution is 2.27. The Hall–Kier alpha value is -1.59. The Morgan fingerprint density at radius 1 is 1.38 bits per heavy atom. The zero-order valence-electron chi connectivity index (χ0n) is 15.2. The van der Waals surface area contributed by atoms with Crippen molar-refractivity contribution in [3.05, 3.63) is 29.8 Å². The molecule has 0 saturated carbocycles. The Morgan fingerprint density at radius 3 is 2.67 bits per heavy atom. The van der Waals surface area contributed by atoms with E-state index in [1.165, 1.54) is 5.56 Å². The zero-order valence-corrected chi connectivity index (χ0v) is 15.2. The van der Waals surface area contributed by atoms with Crippen LogP contribution in [0.4, 0.5) is 0 Å². The van der Waals surface area contributed by atoms with Gasteiger partial charge < -0.3 is 15.8 Å². The van der Waals surface area contributed by atoms with Gasteiger partial charge in [0.2, 0.25) is 5.91 Å². The van der Waals surface area contributed by atoms with E-state index in [9.17, 15) is 4.79 Å². The molecule has 134 valence electrons. The van der Waals surface area contributed by atoms with Crippen molar-refractivity contribution in [2.75, 3.05) is 39.3 Å². The molecule has 3 N–H and O–H groups in total. The Bertz CT molecular complexity index is 530. The Morgan fingerprint density at radius 2 is 2.08 bits per heavy atom. The lowest BCUT2D eigenvalue weighted by atomic mass is 9.90. The van der Waals surface area contributed by atoms with Gasteiger partial charge in [-0.05, 0) is 48.5 Å². The summed E-state index contributed by atoms with van der Waals surface area (Å²) in [6.07, 6.45) is 1.06. The lowest BCUT2D eigenvalue weighted by molar-refractivity contribution is -0.122. The van der Waals surface area contributed by atoms with Crippen molar-refractivity contribution < 1.29 is 9.53 Å². The van der Waals surface area contributed by atoms with Crippen LogP contribution in [0.25, 0.3) is 0 Å². The molecule has 1 amide bonds. The Labute approximate surface area is 145 Å². The molecule has 5 nitrogen and oxygen atoms in total. The van der Waals surface area contributed by atoms with Crippen LogP contribution in [0, 0.1) is 5.41 Å². The highest BCUT2D eigenvalue weighted by Gasteiger charge is 2.32. The van der Waals surface area contributed by atoms with Crippen LogP contribution in [0.3, 0.4) is 0 Å². The molecule has 2 rings (SSSR count). The summed E-state index contributed by atoms with van der Waals surface area (Å²) in [5, 5.41) is 2.92. The molecular weight excluding hydrogens is 302 g/mol. The number of amides is 1. The van der Waals surface area contributed by atoms with Crippen molar-refractivity contribution in [3.63, 3.8) is 0 Å². The third-order valence-electron chi connectivity index (χ3n) is 4.74. The molecular formula is C19H31N3O2. The maximum Gasteiger partial charge on any atom is 0.234 e. The molecule has 0 radical (unpaired) electrons. The maximum atomic E-state index is 12.0. The van der Waals surface area contributed by atoms with E-state index in [4.69, 9.17) is 10.5 Å². The van der Waals surface area contributed by atoms with Crippen molar-refractivity contribution in [2.45, 2.75) is 33.1 Å². The fourth-order valence-electron chi connectivity index (χ4n) is 2.99. The van der Waals surface area contributed by atoms with Gasteiger partial charge in [-0.25, -0.2) is 0 Å². The van der Waals surface area contributed by atoms with Crippen LogP contribution in [-0.4, -0.2) is 50.1 Å². The summed E-state index contributed by atoms with van der Waals surface area (Å²) in [6, 6.07) is 8.13. The topological polar surface area (TPSA) is 67.6 Å². The Kier molecular flexibility index (Phi) is 6.63. The fraction of sp³-hybridized carbons (Fsp3) is 0.632. The first-order valence-electron chi connectivity index (χ1n) is 8.84. The molecule has 24 heavy (non-hydrogen) atoms. The van der Waals surface area contributed by atoms with Gasteiger partial charge in [0, 0.05) is 6.54 Å². The molecule has 1 aromatic carbocycles. The van der Waals surface area contributed by atoms with E-state index in [1.807, 2.05) is 12.1 Å². The average molecular weight is 333 g/mol. The predicted octanol–water partition coefficient (Wildman–Crippen LogP) is 1.98. The number of hydrogen-bond acceptors (Lipinski definition) is 4. The monoisotopic (exact) mass is 333 g/mol. The van der Waals surface area contributed by atoms with Crippen LogP contribution in [0.15, 0.2) is 24.3 Å². The number of nitrogens with two attached hydrogens (primary N) is 1. The van der Waals surface area contributed by atoms with Crippen molar-refractivity contribution in [2.24, 2.45) is 11.1 Å². The summed E-state index contributed by atoms with van der Waals surface area (Å²) in [4.78, 5) is 14.2. The lowest BCUT2D eigenvalue weighted by Gasteiger charge is -2.22. The van der Waals surface area contributed by atoms with E-state index in [0.29, 0.717) is 32.2 Å². The van der Waals surface area contributed by atoms with Gasteiger partial charge in [-0.1, -0.05) is 32.9 Å². The molecule has 1 saturated heterocycles. The van der Waals surface area contributed by atoms with Gasteiger partial charge in [0.05, 0.1) is 13.1 Å². The summed E-state index contributed by atoms with van der Waals surface area (Å²) < 4.78 is 5.67. The van der Waals surface area contributed by atoms with Crippen molar-refractivity contribution in [1.82, 2.24) is 10.2 Å². The van der Waals surface area contributed by atoms with Crippen LogP contribution in [-0.2, 0) is 4.79 Å². The molecule has 0 bridgehead atoms. The maximum absolute atomic E-state index is 12.0. The van der Waals surface area contributed by atoms with Crippen LogP contribution in [0.2, 0.25) is 0 Å². The Balaban J connectivity index is 1.63.